The van der Waals surface area contributed by atoms with Gasteiger partial charge in [0.2, 0.25) is 17.6 Å². The number of fused-ring (bicyclic) bond motifs is 1. The molecule has 1 fully saturated rings. The molecule has 1 unspecified atom stereocenters. The van der Waals surface area contributed by atoms with Crippen LogP contribution in [0, 0.1) is 0 Å². The van der Waals surface area contributed by atoms with E-state index in [0.717, 1.165) is 16.2 Å². The van der Waals surface area contributed by atoms with Crippen LogP contribution in [0.5, 0.6) is 5.75 Å². The Morgan fingerprint density at radius 2 is 1.95 bits per heavy atom. The second kappa shape index (κ2) is 5.37. The molecule has 2 aliphatic rings. The fourth-order valence-corrected chi connectivity index (χ4v) is 2.67. The highest BCUT2D eigenvalue weighted by atomic mass is 16.7. The van der Waals surface area contributed by atoms with Crippen molar-refractivity contribution in [2.24, 2.45) is 0 Å². The average molecular weight is 305 g/mol. The lowest BCUT2D eigenvalue weighted by molar-refractivity contribution is -0.180. The minimum absolute atomic E-state index is 0.0103. The smallest absolute Gasteiger partial charge is 0.229 e. The molecule has 1 aromatic carbocycles. The van der Waals surface area contributed by atoms with Crippen LogP contribution in [0.4, 0.5) is 0 Å². The van der Waals surface area contributed by atoms with Gasteiger partial charge in [-0.2, -0.15) is 0 Å². The number of hydrogen-bond donors (Lipinski definition) is 1. The zero-order chi connectivity index (χ0) is 15.9. The van der Waals surface area contributed by atoms with Gasteiger partial charge in [0.1, 0.15) is 5.75 Å². The van der Waals surface area contributed by atoms with Crippen molar-refractivity contribution < 1.29 is 24.2 Å². The molecule has 0 aliphatic carbocycles. The topological polar surface area (TPSA) is 76.1 Å². The maximum atomic E-state index is 11.6. The van der Waals surface area contributed by atoms with Gasteiger partial charge in [-0.1, -0.05) is 6.07 Å². The Hall–Kier alpha value is -1.92. The molecule has 118 valence electrons. The van der Waals surface area contributed by atoms with E-state index >= 15 is 0 Å². The highest BCUT2D eigenvalue weighted by molar-refractivity contribution is 6.01. The Labute approximate surface area is 128 Å². The fraction of sp³-hybridized carbons (Fsp3) is 0.500. The minimum Gasteiger partial charge on any atom is -0.463 e. The molecule has 6 nitrogen and oxygen atoms in total. The number of rotatable bonds is 3. The summed E-state index contributed by atoms with van der Waals surface area (Å²) in [4.78, 5) is 24.3. The van der Waals surface area contributed by atoms with E-state index in [1.165, 1.54) is 0 Å². The lowest BCUT2D eigenvalue weighted by Crippen LogP contribution is -2.35. The molecule has 1 aromatic rings. The third-order valence-corrected chi connectivity index (χ3v) is 3.91. The molecule has 3 rings (SSSR count). The fourth-order valence-electron chi connectivity index (χ4n) is 2.67. The van der Waals surface area contributed by atoms with Gasteiger partial charge >= 0.3 is 0 Å². The molecule has 2 amide bonds. The first-order valence-corrected chi connectivity index (χ1v) is 7.33. The van der Waals surface area contributed by atoms with Crippen molar-refractivity contribution in [2.75, 3.05) is 6.54 Å². The molecule has 1 atom stereocenters. The van der Waals surface area contributed by atoms with E-state index in [2.05, 4.69) is 0 Å². The van der Waals surface area contributed by atoms with E-state index in [0.29, 0.717) is 12.2 Å². The number of amides is 2. The normalized spacial score (nSPS) is 21.5. The van der Waals surface area contributed by atoms with Gasteiger partial charge in [-0.15, -0.1) is 0 Å². The van der Waals surface area contributed by atoms with E-state index in [1.807, 2.05) is 13.8 Å². The summed E-state index contributed by atoms with van der Waals surface area (Å²) in [5.74, 6) is -0.395. The number of likely N-dealkylation sites (tertiary alicyclic amines) is 1. The molecule has 0 aromatic heterocycles. The second-order valence-corrected chi connectivity index (χ2v) is 6.07. The number of nitrogens with zero attached hydrogens (tertiary/aromatic N) is 1. The van der Waals surface area contributed by atoms with Crippen molar-refractivity contribution >= 4 is 11.8 Å². The number of benzene rings is 1. The van der Waals surface area contributed by atoms with Crippen LogP contribution in [0.15, 0.2) is 18.2 Å². The summed E-state index contributed by atoms with van der Waals surface area (Å²) >= 11 is 0. The van der Waals surface area contributed by atoms with Gasteiger partial charge in [0.05, 0.1) is 19.3 Å². The predicted molar refractivity (Wildman–Crippen MR) is 76.9 cm³/mol. The first-order chi connectivity index (χ1) is 10.4. The lowest BCUT2D eigenvalue weighted by Gasteiger charge is -2.33. The predicted octanol–water partition coefficient (Wildman–Crippen LogP) is 1.51. The van der Waals surface area contributed by atoms with Gasteiger partial charge < -0.3 is 14.6 Å². The van der Waals surface area contributed by atoms with E-state index in [1.54, 1.807) is 18.2 Å². The molecule has 0 radical (unpaired) electrons. The Morgan fingerprint density at radius 1 is 1.27 bits per heavy atom. The van der Waals surface area contributed by atoms with Crippen LogP contribution in [-0.4, -0.2) is 34.2 Å². The zero-order valence-corrected chi connectivity index (χ0v) is 12.7. The number of ether oxygens (including phenoxy) is 2. The van der Waals surface area contributed by atoms with Crippen molar-refractivity contribution in [3.05, 3.63) is 29.3 Å². The summed E-state index contributed by atoms with van der Waals surface area (Å²) in [5.41, 5.74) is 1.48. The molecule has 2 aliphatic heterocycles. The van der Waals surface area contributed by atoms with Crippen LogP contribution in [0.3, 0.4) is 0 Å². The number of hydrogen-bond acceptors (Lipinski definition) is 5. The molecule has 0 spiro atoms. The van der Waals surface area contributed by atoms with Gasteiger partial charge in [0, 0.05) is 32.3 Å². The first kappa shape index (κ1) is 15.0. The molecule has 0 bridgehead atoms. The van der Waals surface area contributed by atoms with Gasteiger partial charge in [-0.05, 0) is 17.7 Å². The van der Waals surface area contributed by atoms with E-state index in [4.69, 9.17) is 9.47 Å². The molecule has 2 heterocycles. The summed E-state index contributed by atoms with van der Waals surface area (Å²) in [6.45, 7) is 4.06. The molecular formula is C16H19NO5. The second-order valence-electron chi connectivity index (χ2n) is 6.07. The summed E-state index contributed by atoms with van der Waals surface area (Å²) in [6.07, 6.45) is -0.454. The Bertz CT molecular complexity index is 609. The van der Waals surface area contributed by atoms with Gasteiger partial charge in [0.15, 0.2) is 0 Å². The molecule has 6 heteroatoms. The van der Waals surface area contributed by atoms with Crippen molar-refractivity contribution in [1.29, 1.82) is 0 Å². The molecule has 0 saturated carbocycles. The largest absolute Gasteiger partial charge is 0.463 e. The van der Waals surface area contributed by atoms with Crippen LogP contribution in [0.1, 0.15) is 43.9 Å². The number of aliphatic hydroxyl groups is 1. The van der Waals surface area contributed by atoms with Crippen LogP contribution in [-0.2, 0) is 20.9 Å². The number of carbonyl (C=O) groups excluding carboxylic acids is 2. The number of imide groups is 1. The molecular weight excluding hydrogens is 286 g/mol. The molecule has 1 N–H and O–H groups in total. The monoisotopic (exact) mass is 305 g/mol. The highest BCUT2D eigenvalue weighted by Crippen LogP contribution is 2.33. The standard InChI is InChI=1S/C16H19NO5/c1-16(2)21-9-11-7-10(3-4-13(11)22-16)12(18)8-17-14(19)5-6-15(17)20/h3-4,7,12,18H,5-6,8-9H2,1-2H3. The summed E-state index contributed by atoms with van der Waals surface area (Å²) < 4.78 is 11.3. The molecule has 22 heavy (non-hydrogen) atoms. The Kier molecular flexibility index (Phi) is 3.66. The van der Waals surface area contributed by atoms with E-state index in [9.17, 15) is 14.7 Å². The van der Waals surface area contributed by atoms with Crippen molar-refractivity contribution in [3.63, 3.8) is 0 Å². The van der Waals surface area contributed by atoms with Crippen molar-refractivity contribution in [2.45, 2.75) is 45.2 Å². The Balaban J connectivity index is 1.75. The number of aliphatic hydroxyl groups excluding tert-OH is 1. The quantitative estimate of drug-likeness (QED) is 0.857. The van der Waals surface area contributed by atoms with Gasteiger partial charge in [0.25, 0.3) is 0 Å². The first-order valence-electron chi connectivity index (χ1n) is 7.33. The third-order valence-electron chi connectivity index (χ3n) is 3.91. The van der Waals surface area contributed by atoms with Crippen LogP contribution >= 0.6 is 0 Å². The van der Waals surface area contributed by atoms with E-state index < -0.39 is 11.9 Å². The van der Waals surface area contributed by atoms with Crippen LogP contribution < -0.4 is 4.74 Å². The minimum atomic E-state index is -0.911. The maximum absolute atomic E-state index is 11.6. The number of β-amino-alcohol motifs (C(OH)–C–C–N with tert-alkyl or cyclic N) is 1. The summed E-state index contributed by atoms with van der Waals surface area (Å²) in [5, 5.41) is 10.3. The zero-order valence-electron chi connectivity index (χ0n) is 12.7. The van der Waals surface area contributed by atoms with Gasteiger partial charge in [-0.25, -0.2) is 0 Å². The van der Waals surface area contributed by atoms with Crippen molar-refractivity contribution in [1.82, 2.24) is 4.90 Å². The maximum Gasteiger partial charge on any atom is 0.229 e. The van der Waals surface area contributed by atoms with Crippen molar-refractivity contribution in [3.8, 4) is 5.75 Å². The van der Waals surface area contributed by atoms with Crippen LogP contribution in [0.2, 0.25) is 0 Å². The highest BCUT2D eigenvalue weighted by Gasteiger charge is 2.32. The lowest BCUT2D eigenvalue weighted by atomic mass is 10.0. The van der Waals surface area contributed by atoms with E-state index in [-0.39, 0.29) is 31.2 Å². The third kappa shape index (κ3) is 2.84. The average Bonchev–Trinajstić information content (AvgIpc) is 2.77. The summed E-state index contributed by atoms with van der Waals surface area (Å²) in [6, 6.07) is 5.32. The van der Waals surface area contributed by atoms with Gasteiger partial charge in [-0.3, -0.25) is 14.5 Å². The summed E-state index contributed by atoms with van der Waals surface area (Å²) in [7, 11) is 0. The number of carbonyl (C=O) groups is 2. The Morgan fingerprint density at radius 3 is 2.64 bits per heavy atom. The molecule has 1 saturated heterocycles. The van der Waals surface area contributed by atoms with Crippen LogP contribution in [0.25, 0.3) is 0 Å². The SMILES string of the molecule is CC1(C)OCc2cc(C(O)CN3C(=O)CCC3=O)ccc2O1.